The average molecular weight is 396 g/mol. The average Bonchev–Trinajstić information content (AvgIpc) is 2.62. The molecule has 136 valence electrons. The van der Waals surface area contributed by atoms with Crippen molar-refractivity contribution in [3.63, 3.8) is 0 Å². The fraction of sp³-hybridized carbons (Fsp3) is 0.111. The molecule has 6 nitrogen and oxygen atoms in total. The number of halogens is 2. The summed E-state index contributed by atoms with van der Waals surface area (Å²) in [5.41, 5.74) is 1.43. The van der Waals surface area contributed by atoms with Gasteiger partial charge >= 0.3 is 5.97 Å². The Kier molecular flexibility index (Phi) is 7.03. The Bertz CT molecular complexity index is 824. The van der Waals surface area contributed by atoms with E-state index in [9.17, 15) is 14.7 Å². The van der Waals surface area contributed by atoms with E-state index in [0.717, 1.165) is 10.6 Å². The number of carbonyl (C=O) groups excluding carboxylic acids is 1. The van der Waals surface area contributed by atoms with Crippen molar-refractivity contribution < 1.29 is 24.6 Å². The SMILES string of the molecule is O=C(O)C(O)=CC(=O)N(Cc1ccc(Cl)c(Cl)c1)OCc1ccccc1. The molecule has 0 aliphatic heterocycles. The molecule has 0 spiro atoms. The van der Waals surface area contributed by atoms with Crippen LogP contribution >= 0.6 is 23.2 Å². The van der Waals surface area contributed by atoms with Crippen LogP contribution in [0.3, 0.4) is 0 Å². The number of aliphatic carboxylic acids is 1. The van der Waals surface area contributed by atoms with E-state index in [4.69, 9.17) is 33.1 Å². The standard InChI is InChI=1S/C18H15Cl2NO5/c19-14-7-6-13(8-15(14)20)10-21(17(23)9-16(22)18(24)25)26-11-12-4-2-1-3-5-12/h1-9,22H,10-11H2,(H,24,25). The van der Waals surface area contributed by atoms with Gasteiger partial charge in [0.25, 0.3) is 5.91 Å². The molecule has 0 radical (unpaired) electrons. The Morgan fingerprint density at radius 1 is 1.00 bits per heavy atom. The molecule has 0 unspecified atom stereocenters. The first kappa shape index (κ1) is 19.8. The molecule has 0 aliphatic rings. The zero-order valence-corrected chi connectivity index (χ0v) is 14.9. The number of rotatable bonds is 7. The Labute approximate surface area is 159 Å². The molecule has 2 N–H and O–H groups in total. The molecule has 0 saturated heterocycles. The summed E-state index contributed by atoms with van der Waals surface area (Å²) in [5.74, 6) is -3.53. The van der Waals surface area contributed by atoms with E-state index < -0.39 is 17.6 Å². The Balaban J connectivity index is 2.19. The van der Waals surface area contributed by atoms with Crippen LogP contribution in [0.4, 0.5) is 0 Å². The van der Waals surface area contributed by atoms with E-state index >= 15 is 0 Å². The van der Waals surface area contributed by atoms with Gasteiger partial charge in [-0.3, -0.25) is 9.63 Å². The normalized spacial score (nSPS) is 11.2. The summed E-state index contributed by atoms with van der Waals surface area (Å²) < 4.78 is 0. The van der Waals surface area contributed by atoms with Crippen LogP contribution in [0, 0.1) is 0 Å². The molecular weight excluding hydrogens is 381 g/mol. The summed E-state index contributed by atoms with van der Waals surface area (Å²) in [6.07, 6.45) is 0.574. The van der Waals surface area contributed by atoms with Gasteiger partial charge in [0.1, 0.15) is 6.61 Å². The van der Waals surface area contributed by atoms with Crippen molar-refractivity contribution in [3.8, 4) is 0 Å². The monoisotopic (exact) mass is 395 g/mol. The second kappa shape index (κ2) is 9.24. The van der Waals surface area contributed by atoms with Crippen molar-refractivity contribution in [3.05, 3.63) is 81.5 Å². The second-order valence-corrected chi connectivity index (χ2v) is 6.03. The van der Waals surface area contributed by atoms with E-state index in [1.165, 1.54) is 0 Å². The van der Waals surface area contributed by atoms with Crippen LogP contribution in [-0.2, 0) is 27.6 Å². The molecule has 2 aromatic carbocycles. The van der Waals surface area contributed by atoms with E-state index in [0.29, 0.717) is 21.7 Å². The Morgan fingerprint density at radius 3 is 2.31 bits per heavy atom. The molecule has 1 amide bonds. The topological polar surface area (TPSA) is 87.1 Å². The Hall–Kier alpha value is -2.54. The fourth-order valence-electron chi connectivity index (χ4n) is 1.97. The number of nitrogens with zero attached hydrogens (tertiary/aromatic N) is 1. The predicted octanol–water partition coefficient (Wildman–Crippen LogP) is 3.98. The van der Waals surface area contributed by atoms with Gasteiger partial charge in [-0.2, -0.15) is 0 Å². The van der Waals surface area contributed by atoms with Gasteiger partial charge in [0.05, 0.1) is 22.7 Å². The van der Waals surface area contributed by atoms with Crippen molar-refractivity contribution >= 4 is 35.1 Å². The van der Waals surface area contributed by atoms with E-state index in [2.05, 4.69) is 0 Å². The summed E-state index contributed by atoms with van der Waals surface area (Å²) >= 11 is 11.8. The van der Waals surface area contributed by atoms with Gasteiger partial charge in [-0.05, 0) is 23.3 Å². The highest BCUT2D eigenvalue weighted by atomic mass is 35.5. The van der Waals surface area contributed by atoms with E-state index in [-0.39, 0.29) is 13.2 Å². The van der Waals surface area contributed by atoms with Gasteiger partial charge in [-0.1, -0.05) is 59.6 Å². The number of amides is 1. The third-order valence-corrected chi connectivity index (χ3v) is 4.00. The van der Waals surface area contributed by atoms with Crippen LogP contribution in [0.1, 0.15) is 11.1 Å². The second-order valence-electron chi connectivity index (χ2n) is 5.22. The number of carbonyl (C=O) groups is 2. The quantitative estimate of drug-likeness (QED) is 0.420. The first-order valence-corrected chi connectivity index (χ1v) is 8.18. The van der Waals surface area contributed by atoms with Crippen LogP contribution in [-0.4, -0.2) is 27.2 Å². The lowest BCUT2D eigenvalue weighted by atomic mass is 10.2. The molecule has 8 heteroatoms. The van der Waals surface area contributed by atoms with Crippen molar-refractivity contribution in [1.29, 1.82) is 0 Å². The first-order chi connectivity index (χ1) is 12.4. The summed E-state index contributed by atoms with van der Waals surface area (Å²) in [6.45, 7) is 0.0571. The molecule has 0 fully saturated rings. The maximum absolute atomic E-state index is 12.3. The molecule has 0 saturated carbocycles. The van der Waals surface area contributed by atoms with Crippen molar-refractivity contribution in [1.82, 2.24) is 5.06 Å². The van der Waals surface area contributed by atoms with Crippen molar-refractivity contribution in [2.75, 3.05) is 0 Å². The maximum Gasteiger partial charge on any atom is 0.371 e. The number of benzene rings is 2. The third kappa shape index (κ3) is 5.77. The molecule has 0 atom stereocenters. The lowest BCUT2D eigenvalue weighted by Gasteiger charge is -2.21. The van der Waals surface area contributed by atoms with Crippen LogP contribution < -0.4 is 0 Å². The predicted molar refractivity (Wildman–Crippen MR) is 96.6 cm³/mol. The minimum atomic E-state index is -1.61. The van der Waals surface area contributed by atoms with Gasteiger partial charge < -0.3 is 10.2 Å². The number of aliphatic hydroxyl groups excluding tert-OH is 1. The molecule has 26 heavy (non-hydrogen) atoms. The molecular formula is C18H15Cl2NO5. The highest BCUT2D eigenvalue weighted by Crippen LogP contribution is 2.23. The number of hydrogen-bond donors (Lipinski definition) is 2. The largest absolute Gasteiger partial charge is 0.502 e. The van der Waals surface area contributed by atoms with Gasteiger partial charge in [0, 0.05) is 0 Å². The minimum Gasteiger partial charge on any atom is -0.502 e. The summed E-state index contributed by atoms with van der Waals surface area (Å²) in [6, 6.07) is 13.9. The van der Waals surface area contributed by atoms with Crippen LogP contribution in [0.15, 0.2) is 60.4 Å². The van der Waals surface area contributed by atoms with Gasteiger partial charge in [-0.15, -0.1) is 0 Å². The number of hydroxylamine groups is 2. The summed E-state index contributed by atoms with van der Waals surface area (Å²) in [7, 11) is 0. The number of carboxylic acids is 1. The molecule has 0 bridgehead atoms. The van der Waals surface area contributed by atoms with Crippen molar-refractivity contribution in [2.45, 2.75) is 13.2 Å². The number of aliphatic hydroxyl groups is 1. The molecule has 0 heterocycles. The molecule has 2 aromatic rings. The Morgan fingerprint density at radius 2 is 1.69 bits per heavy atom. The van der Waals surface area contributed by atoms with Gasteiger partial charge in [-0.25, -0.2) is 9.86 Å². The first-order valence-electron chi connectivity index (χ1n) is 7.43. The number of carboxylic acid groups (broad SMARTS) is 1. The van der Waals surface area contributed by atoms with E-state index in [1.54, 1.807) is 18.2 Å². The lowest BCUT2D eigenvalue weighted by Crippen LogP contribution is -2.30. The smallest absolute Gasteiger partial charge is 0.371 e. The van der Waals surface area contributed by atoms with Crippen LogP contribution in [0.2, 0.25) is 10.0 Å². The highest BCUT2D eigenvalue weighted by Gasteiger charge is 2.17. The van der Waals surface area contributed by atoms with Crippen LogP contribution in [0.5, 0.6) is 0 Å². The third-order valence-electron chi connectivity index (χ3n) is 3.27. The number of hydrogen-bond acceptors (Lipinski definition) is 4. The van der Waals surface area contributed by atoms with Crippen molar-refractivity contribution in [2.24, 2.45) is 0 Å². The molecule has 2 rings (SSSR count). The molecule has 0 aromatic heterocycles. The van der Waals surface area contributed by atoms with Gasteiger partial charge in [0.15, 0.2) is 0 Å². The maximum atomic E-state index is 12.3. The zero-order valence-electron chi connectivity index (χ0n) is 13.4. The van der Waals surface area contributed by atoms with E-state index in [1.807, 2.05) is 30.3 Å². The highest BCUT2D eigenvalue weighted by molar-refractivity contribution is 6.42. The minimum absolute atomic E-state index is 0.0219. The van der Waals surface area contributed by atoms with Gasteiger partial charge in [0.2, 0.25) is 5.76 Å². The summed E-state index contributed by atoms with van der Waals surface area (Å²) in [5, 5.41) is 19.6. The fourth-order valence-corrected chi connectivity index (χ4v) is 2.29. The van der Waals surface area contributed by atoms with Crippen LogP contribution in [0.25, 0.3) is 0 Å². The lowest BCUT2D eigenvalue weighted by molar-refractivity contribution is -0.190. The summed E-state index contributed by atoms with van der Waals surface area (Å²) in [4.78, 5) is 28.5. The zero-order chi connectivity index (χ0) is 19.1. The molecule has 0 aliphatic carbocycles.